The maximum Gasteiger partial charge on any atom is 0.346 e. The fraction of sp³-hybridized carbons (Fsp3) is 0.650. The number of carbonyl (C=O) groups is 1. The molecule has 138 valence electrons. The number of allylic oxidation sites excluding steroid dienone is 2. The van der Waals surface area contributed by atoms with Crippen molar-refractivity contribution in [2.24, 2.45) is 22.7 Å². The molecule has 3 rings (SSSR count). The van der Waals surface area contributed by atoms with E-state index in [1.165, 1.54) is 0 Å². The molecule has 3 N–H and O–H groups in total. The molecule has 0 saturated heterocycles. The Morgan fingerprint density at radius 1 is 1.40 bits per heavy atom. The quantitative estimate of drug-likeness (QED) is 0.415. The molecule has 0 unspecified atom stereocenters. The highest BCUT2D eigenvalue weighted by Gasteiger charge is 2.57. The highest BCUT2D eigenvalue weighted by atomic mass is 16.5. The van der Waals surface area contributed by atoms with Crippen LogP contribution in [0.15, 0.2) is 35.8 Å². The van der Waals surface area contributed by atoms with Gasteiger partial charge in [0.15, 0.2) is 5.76 Å². The molecule has 2 aliphatic carbocycles. The van der Waals surface area contributed by atoms with Crippen molar-refractivity contribution in [3.8, 4) is 0 Å². The molecule has 0 aromatic rings. The Bertz CT molecular complexity index is 648. The molecule has 25 heavy (non-hydrogen) atoms. The van der Waals surface area contributed by atoms with Crippen molar-refractivity contribution in [1.82, 2.24) is 0 Å². The van der Waals surface area contributed by atoms with E-state index < -0.39 is 17.5 Å². The Labute approximate surface area is 148 Å². The third-order valence-corrected chi connectivity index (χ3v) is 7.02. The molecule has 5 nitrogen and oxygen atoms in total. The number of cyclic esters (lactones) is 1. The smallest absolute Gasteiger partial charge is 0.346 e. The van der Waals surface area contributed by atoms with Gasteiger partial charge in [0, 0.05) is 5.41 Å². The normalized spacial score (nSPS) is 43.0. The molecule has 1 aliphatic heterocycles. The van der Waals surface area contributed by atoms with Crippen LogP contribution in [0.1, 0.15) is 46.0 Å². The first-order valence-electron chi connectivity index (χ1n) is 9.01. The maximum atomic E-state index is 11.7. The third kappa shape index (κ3) is 2.74. The SMILES string of the molecule is C=C1CC[C@@H]2[C@](C)(CO)[C@H](O)CC[C@@]2(C)[C@@H]1C/C=C1/C(=O)OC=C1O. The highest BCUT2D eigenvalue weighted by molar-refractivity contribution is 5.95. The summed E-state index contributed by atoms with van der Waals surface area (Å²) >= 11 is 0. The number of hydrogen-bond acceptors (Lipinski definition) is 5. The average Bonchev–Trinajstić information content (AvgIpc) is 2.89. The second kappa shape index (κ2) is 6.29. The molecule has 0 aromatic heterocycles. The van der Waals surface area contributed by atoms with Gasteiger partial charge in [0.2, 0.25) is 0 Å². The van der Waals surface area contributed by atoms with Crippen LogP contribution in [-0.4, -0.2) is 34.0 Å². The summed E-state index contributed by atoms with van der Waals surface area (Å²) in [5, 5.41) is 30.3. The van der Waals surface area contributed by atoms with E-state index in [2.05, 4.69) is 13.5 Å². The molecular formula is C20H28O5. The van der Waals surface area contributed by atoms with Crippen LogP contribution >= 0.6 is 0 Å². The van der Waals surface area contributed by atoms with Gasteiger partial charge in [0.25, 0.3) is 0 Å². The molecule has 5 heteroatoms. The van der Waals surface area contributed by atoms with Crippen LogP contribution in [0.4, 0.5) is 0 Å². The van der Waals surface area contributed by atoms with E-state index in [1.54, 1.807) is 6.08 Å². The van der Waals surface area contributed by atoms with Crippen molar-refractivity contribution >= 4 is 5.97 Å². The van der Waals surface area contributed by atoms with Gasteiger partial charge in [-0.2, -0.15) is 0 Å². The number of rotatable bonds is 3. The fourth-order valence-electron chi connectivity index (χ4n) is 5.40. The Morgan fingerprint density at radius 3 is 2.72 bits per heavy atom. The van der Waals surface area contributed by atoms with Crippen LogP contribution in [0.3, 0.4) is 0 Å². The average molecular weight is 348 g/mol. The molecule has 3 aliphatic rings. The van der Waals surface area contributed by atoms with Crippen LogP contribution in [0.2, 0.25) is 0 Å². The van der Waals surface area contributed by atoms with Gasteiger partial charge in [-0.1, -0.05) is 32.1 Å². The maximum absolute atomic E-state index is 11.7. The van der Waals surface area contributed by atoms with Crippen LogP contribution in [0, 0.1) is 22.7 Å². The van der Waals surface area contributed by atoms with Crippen molar-refractivity contribution in [3.63, 3.8) is 0 Å². The van der Waals surface area contributed by atoms with Crippen LogP contribution < -0.4 is 0 Å². The van der Waals surface area contributed by atoms with Crippen molar-refractivity contribution < 1.29 is 24.9 Å². The van der Waals surface area contributed by atoms with Crippen molar-refractivity contribution in [2.45, 2.75) is 52.1 Å². The number of carbonyl (C=O) groups excluding carboxylic acids is 1. The minimum absolute atomic E-state index is 0.0371. The van der Waals surface area contributed by atoms with Gasteiger partial charge in [0.1, 0.15) is 11.8 Å². The molecule has 0 spiro atoms. The molecule has 0 aromatic carbocycles. The molecule has 0 bridgehead atoms. The van der Waals surface area contributed by atoms with Gasteiger partial charge in [0.05, 0.1) is 12.7 Å². The number of ether oxygens (including phenoxy) is 1. The molecule has 2 saturated carbocycles. The van der Waals surface area contributed by atoms with Gasteiger partial charge in [-0.05, 0) is 49.4 Å². The summed E-state index contributed by atoms with van der Waals surface area (Å²) in [6, 6.07) is 0. The van der Waals surface area contributed by atoms with Gasteiger partial charge in [-0.3, -0.25) is 0 Å². The molecule has 2 fully saturated rings. The summed E-state index contributed by atoms with van der Waals surface area (Å²) in [7, 11) is 0. The lowest BCUT2D eigenvalue weighted by molar-refractivity contribution is -0.151. The standard InChI is InChI=1S/C20H28O5/c1-12-4-7-16-19(2,9-8-17(23)20(16,3)11-21)14(12)6-5-13-15(22)10-25-18(13)24/h5,10,14,16-17,21-23H,1,4,6-9,11H2,2-3H3/b13-5+/t14-,16+,17-,19+,20+/m1/s1. The molecule has 0 amide bonds. The number of esters is 1. The molecular weight excluding hydrogens is 320 g/mol. The lowest BCUT2D eigenvalue weighted by Gasteiger charge is -2.59. The first-order chi connectivity index (χ1) is 11.7. The summed E-state index contributed by atoms with van der Waals surface area (Å²) < 4.78 is 4.73. The zero-order chi connectivity index (χ0) is 18.4. The molecule has 5 atom stereocenters. The van der Waals surface area contributed by atoms with Crippen LogP contribution in [0.5, 0.6) is 0 Å². The van der Waals surface area contributed by atoms with Crippen molar-refractivity contribution in [2.75, 3.05) is 6.61 Å². The van der Waals surface area contributed by atoms with Gasteiger partial charge in [-0.15, -0.1) is 0 Å². The number of hydrogen-bond donors (Lipinski definition) is 3. The summed E-state index contributed by atoms with van der Waals surface area (Å²) in [6.07, 6.45) is 6.15. The second-order valence-corrected chi connectivity index (χ2v) is 8.29. The van der Waals surface area contributed by atoms with E-state index in [0.717, 1.165) is 31.1 Å². The second-order valence-electron chi connectivity index (χ2n) is 8.29. The van der Waals surface area contributed by atoms with E-state index in [-0.39, 0.29) is 35.2 Å². The number of aliphatic hydroxyl groups excluding tert-OH is 3. The van der Waals surface area contributed by atoms with Crippen molar-refractivity contribution in [1.29, 1.82) is 0 Å². The summed E-state index contributed by atoms with van der Waals surface area (Å²) in [6.45, 7) is 8.42. The van der Waals surface area contributed by atoms with Crippen molar-refractivity contribution in [3.05, 3.63) is 35.8 Å². The predicted molar refractivity (Wildman–Crippen MR) is 93.4 cm³/mol. The third-order valence-electron chi connectivity index (χ3n) is 7.02. The Kier molecular flexibility index (Phi) is 4.58. The monoisotopic (exact) mass is 348 g/mol. The van der Waals surface area contributed by atoms with E-state index in [4.69, 9.17) is 4.74 Å². The zero-order valence-electron chi connectivity index (χ0n) is 15.0. The summed E-state index contributed by atoms with van der Waals surface area (Å²) in [5.74, 6) is -0.340. The number of fused-ring (bicyclic) bond motifs is 1. The first kappa shape index (κ1) is 18.2. The van der Waals surface area contributed by atoms with Crippen LogP contribution in [0.25, 0.3) is 0 Å². The first-order valence-corrected chi connectivity index (χ1v) is 9.01. The minimum Gasteiger partial charge on any atom is -0.504 e. The largest absolute Gasteiger partial charge is 0.504 e. The van der Waals surface area contributed by atoms with Gasteiger partial charge >= 0.3 is 5.97 Å². The Balaban J connectivity index is 1.91. The Hall–Kier alpha value is -1.59. The molecule has 0 radical (unpaired) electrons. The Morgan fingerprint density at radius 2 is 2.12 bits per heavy atom. The topological polar surface area (TPSA) is 87.0 Å². The van der Waals surface area contributed by atoms with E-state index in [1.807, 2.05) is 6.92 Å². The molecule has 1 heterocycles. The predicted octanol–water partition coefficient (Wildman–Crippen LogP) is 3.00. The minimum atomic E-state index is -0.528. The highest BCUT2D eigenvalue weighted by Crippen LogP contribution is 2.61. The van der Waals surface area contributed by atoms with Gasteiger partial charge < -0.3 is 20.1 Å². The lowest BCUT2D eigenvalue weighted by atomic mass is 9.46. The summed E-state index contributed by atoms with van der Waals surface area (Å²) in [4.78, 5) is 11.7. The van der Waals surface area contributed by atoms with E-state index in [9.17, 15) is 20.1 Å². The zero-order valence-corrected chi connectivity index (χ0v) is 15.0. The fourth-order valence-corrected chi connectivity index (χ4v) is 5.40. The van der Waals surface area contributed by atoms with E-state index in [0.29, 0.717) is 12.8 Å². The van der Waals surface area contributed by atoms with E-state index >= 15 is 0 Å². The summed E-state index contributed by atoms with van der Waals surface area (Å²) in [5.41, 5.74) is 0.722. The van der Waals surface area contributed by atoms with Crippen LogP contribution in [-0.2, 0) is 9.53 Å². The lowest BCUT2D eigenvalue weighted by Crippen LogP contribution is -2.57. The number of aliphatic hydroxyl groups is 3. The van der Waals surface area contributed by atoms with Gasteiger partial charge in [-0.25, -0.2) is 4.79 Å².